The Morgan fingerprint density at radius 1 is 1.55 bits per heavy atom. The lowest BCUT2D eigenvalue weighted by Gasteiger charge is -2.29. The molecule has 0 radical (unpaired) electrons. The second-order valence-corrected chi connectivity index (χ2v) is 4.16. The van der Waals surface area contributed by atoms with E-state index < -0.39 is 0 Å². The summed E-state index contributed by atoms with van der Waals surface area (Å²) in [5, 5.41) is 0. The number of rotatable bonds is 2. The predicted octanol–water partition coefficient (Wildman–Crippen LogP) is 1.07. The Bertz CT molecular complexity index is 132. The van der Waals surface area contributed by atoms with Crippen molar-refractivity contribution in [3.63, 3.8) is 0 Å². The summed E-state index contributed by atoms with van der Waals surface area (Å²) in [7, 11) is 0. The van der Waals surface area contributed by atoms with Crippen LogP contribution in [0.5, 0.6) is 0 Å². The minimum Gasteiger partial charge on any atom is -0.330 e. The zero-order valence-electron chi connectivity index (χ0n) is 7.93. The summed E-state index contributed by atoms with van der Waals surface area (Å²) in [6.07, 6.45) is 1.26. The van der Waals surface area contributed by atoms with Crippen LogP contribution in [0.15, 0.2) is 0 Å². The number of hydrogen-bond donors (Lipinski definition) is 1. The molecule has 0 aliphatic carbocycles. The van der Waals surface area contributed by atoms with E-state index in [1.165, 1.54) is 13.0 Å². The molecule has 0 aromatic heterocycles. The van der Waals surface area contributed by atoms with Crippen LogP contribution in [0.3, 0.4) is 0 Å². The van der Waals surface area contributed by atoms with Crippen molar-refractivity contribution in [2.24, 2.45) is 11.7 Å². The number of nitrogens with two attached hydrogens (primary N) is 1. The van der Waals surface area contributed by atoms with Crippen molar-refractivity contribution in [1.29, 1.82) is 0 Å². The lowest BCUT2D eigenvalue weighted by Crippen LogP contribution is -2.37. The van der Waals surface area contributed by atoms with Crippen molar-refractivity contribution < 1.29 is 0 Å². The van der Waals surface area contributed by atoms with Crippen LogP contribution in [-0.2, 0) is 0 Å². The number of hydrogen-bond acceptors (Lipinski definition) is 2. The minimum atomic E-state index is 0.388. The predicted molar refractivity (Wildman–Crippen MR) is 48.5 cm³/mol. The molecule has 0 amide bonds. The average molecular weight is 156 g/mol. The molecule has 1 fully saturated rings. The van der Waals surface area contributed by atoms with E-state index in [4.69, 9.17) is 5.73 Å². The normalized spacial score (nSPS) is 31.1. The second-order valence-electron chi connectivity index (χ2n) is 4.16. The standard InChI is InChI=1S/C9H20N2/c1-4-11-7-8(6-10)5-9(11,2)3/h8H,4-7,10H2,1-3H3. The summed E-state index contributed by atoms with van der Waals surface area (Å²) in [6, 6.07) is 0. The van der Waals surface area contributed by atoms with Gasteiger partial charge in [-0.05, 0) is 39.3 Å². The van der Waals surface area contributed by atoms with Crippen LogP contribution in [-0.4, -0.2) is 30.1 Å². The van der Waals surface area contributed by atoms with Gasteiger partial charge in [0.05, 0.1) is 0 Å². The highest BCUT2D eigenvalue weighted by Gasteiger charge is 2.36. The smallest absolute Gasteiger partial charge is 0.0156 e. The van der Waals surface area contributed by atoms with E-state index in [9.17, 15) is 0 Å². The lowest BCUT2D eigenvalue weighted by atomic mass is 9.97. The molecule has 0 saturated carbocycles. The van der Waals surface area contributed by atoms with Crippen molar-refractivity contribution in [1.82, 2.24) is 4.90 Å². The van der Waals surface area contributed by atoms with Crippen molar-refractivity contribution in [2.75, 3.05) is 19.6 Å². The first kappa shape index (κ1) is 9.01. The van der Waals surface area contributed by atoms with Gasteiger partial charge in [-0.3, -0.25) is 4.90 Å². The molecule has 1 heterocycles. The molecule has 2 heteroatoms. The molecule has 1 saturated heterocycles. The van der Waals surface area contributed by atoms with Gasteiger partial charge in [0.15, 0.2) is 0 Å². The third-order valence-corrected chi connectivity index (χ3v) is 2.84. The van der Waals surface area contributed by atoms with Gasteiger partial charge in [-0.15, -0.1) is 0 Å². The zero-order chi connectivity index (χ0) is 8.48. The van der Waals surface area contributed by atoms with Crippen LogP contribution in [0.1, 0.15) is 27.2 Å². The fraction of sp³-hybridized carbons (Fsp3) is 1.00. The molecule has 2 nitrogen and oxygen atoms in total. The van der Waals surface area contributed by atoms with E-state index in [0.717, 1.165) is 19.0 Å². The Balaban J connectivity index is 2.55. The van der Waals surface area contributed by atoms with E-state index in [1.54, 1.807) is 0 Å². The maximum Gasteiger partial charge on any atom is 0.0156 e. The minimum absolute atomic E-state index is 0.388. The van der Waals surface area contributed by atoms with Gasteiger partial charge in [0.25, 0.3) is 0 Å². The first-order valence-corrected chi connectivity index (χ1v) is 4.55. The van der Waals surface area contributed by atoms with E-state index in [2.05, 4.69) is 25.7 Å². The van der Waals surface area contributed by atoms with Crippen LogP contribution >= 0.6 is 0 Å². The summed E-state index contributed by atoms with van der Waals surface area (Å²) in [6.45, 7) is 10.0. The molecular weight excluding hydrogens is 136 g/mol. The summed E-state index contributed by atoms with van der Waals surface area (Å²) in [4.78, 5) is 2.52. The number of likely N-dealkylation sites (tertiary alicyclic amines) is 1. The molecule has 11 heavy (non-hydrogen) atoms. The maximum absolute atomic E-state index is 5.65. The van der Waals surface area contributed by atoms with E-state index in [0.29, 0.717) is 5.54 Å². The molecule has 0 aromatic rings. The van der Waals surface area contributed by atoms with Gasteiger partial charge in [0.1, 0.15) is 0 Å². The average Bonchev–Trinajstić information content (AvgIpc) is 2.24. The lowest BCUT2D eigenvalue weighted by molar-refractivity contribution is 0.184. The molecule has 1 atom stereocenters. The van der Waals surface area contributed by atoms with Crippen LogP contribution in [0.4, 0.5) is 0 Å². The van der Waals surface area contributed by atoms with Gasteiger partial charge < -0.3 is 5.73 Å². The van der Waals surface area contributed by atoms with Gasteiger partial charge in [-0.25, -0.2) is 0 Å². The highest BCUT2D eigenvalue weighted by Crippen LogP contribution is 2.31. The highest BCUT2D eigenvalue weighted by atomic mass is 15.2. The van der Waals surface area contributed by atoms with E-state index in [-0.39, 0.29) is 0 Å². The topological polar surface area (TPSA) is 29.3 Å². The molecule has 66 valence electrons. The van der Waals surface area contributed by atoms with Crippen LogP contribution in [0.25, 0.3) is 0 Å². The SMILES string of the molecule is CCN1CC(CN)CC1(C)C. The zero-order valence-corrected chi connectivity index (χ0v) is 7.93. The Labute approximate surface area is 69.8 Å². The maximum atomic E-state index is 5.65. The molecule has 1 aliphatic rings. The summed E-state index contributed by atoms with van der Waals surface area (Å²) < 4.78 is 0. The van der Waals surface area contributed by atoms with Crippen molar-refractivity contribution in [3.8, 4) is 0 Å². The van der Waals surface area contributed by atoms with Gasteiger partial charge in [-0.1, -0.05) is 6.92 Å². The molecule has 0 bridgehead atoms. The molecule has 0 spiro atoms. The fourth-order valence-electron chi connectivity index (χ4n) is 2.17. The van der Waals surface area contributed by atoms with E-state index in [1.807, 2.05) is 0 Å². The molecule has 1 unspecified atom stereocenters. The number of nitrogens with zero attached hydrogens (tertiary/aromatic N) is 1. The van der Waals surface area contributed by atoms with Gasteiger partial charge in [0, 0.05) is 12.1 Å². The molecule has 1 rings (SSSR count). The quantitative estimate of drug-likeness (QED) is 0.648. The molecule has 2 N–H and O–H groups in total. The Hall–Kier alpha value is -0.0800. The summed E-state index contributed by atoms with van der Waals surface area (Å²) in [5.41, 5.74) is 6.03. The summed E-state index contributed by atoms with van der Waals surface area (Å²) in [5.74, 6) is 0.727. The first-order chi connectivity index (χ1) is 5.10. The fourth-order valence-corrected chi connectivity index (χ4v) is 2.17. The second kappa shape index (κ2) is 3.11. The monoisotopic (exact) mass is 156 g/mol. The van der Waals surface area contributed by atoms with Crippen LogP contribution < -0.4 is 5.73 Å². The Kier molecular flexibility index (Phi) is 2.55. The van der Waals surface area contributed by atoms with Gasteiger partial charge in [-0.2, -0.15) is 0 Å². The van der Waals surface area contributed by atoms with Gasteiger partial charge >= 0.3 is 0 Å². The third kappa shape index (κ3) is 1.74. The molecule has 0 aromatic carbocycles. The first-order valence-electron chi connectivity index (χ1n) is 4.55. The Morgan fingerprint density at radius 2 is 2.18 bits per heavy atom. The van der Waals surface area contributed by atoms with E-state index >= 15 is 0 Å². The third-order valence-electron chi connectivity index (χ3n) is 2.84. The summed E-state index contributed by atoms with van der Waals surface area (Å²) >= 11 is 0. The van der Waals surface area contributed by atoms with Crippen molar-refractivity contribution >= 4 is 0 Å². The van der Waals surface area contributed by atoms with Crippen LogP contribution in [0.2, 0.25) is 0 Å². The van der Waals surface area contributed by atoms with Gasteiger partial charge in [0.2, 0.25) is 0 Å². The highest BCUT2D eigenvalue weighted by molar-refractivity contribution is 4.92. The molecular formula is C9H20N2. The molecule has 1 aliphatic heterocycles. The van der Waals surface area contributed by atoms with Crippen LogP contribution in [0, 0.1) is 5.92 Å². The van der Waals surface area contributed by atoms with Crippen molar-refractivity contribution in [2.45, 2.75) is 32.7 Å². The Morgan fingerprint density at radius 3 is 2.45 bits per heavy atom. The largest absolute Gasteiger partial charge is 0.330 e. The van der Waals surface area contributed by atoms with Crippen molar-refractivity contribution in [3.05, 3.63) is 0 Å².